The topological polar surface area (TPSA) is 106 Å². The van der Waals surface area contributed by atoms with Gasteiger partial charge in [0.1, 0.15) is 0 Å². The van der Waals surface area contributed by atoms with Crippen LogP contribution in [0.15, 0.2) is 23.1 Å². The van der Waals surface area contributed by atoms with Crippen LogP contribution in [0.25, 0.3) is 0 Å². The Balaban J connectivity index is 0.00000261. The molecule has 0 saturated carbocycles. The molecule has 0 radical (unpaired) electrons. The van der Waals surface area contributed by atoms with Gasteiger partial charge in [-0.05, 0) is 38.1 Å². The Hall–Kier alpha value is -1.55. The molecule has 2 heterocycles. The molecule has 1 amide bonds. The van der Waals surface area contributed by atoms with Crippen molar-refractivity contribution in [3.8, 4) is 11.5 Å². The fourth-order valence-electron chi connectivity index (χ4n) is 2.96. The molecule has 10 heteroatoms. The van der Waals surface area contributed by atoms with Gasteiger partial charge in [0.15, 0.2) is 11.5 Å². The lowest BCUT2D eigenvalue weighted by Crippen LogP contribution is -2.43. The smallest absolute Gasteiger partial charge is 0.240 e. The zero-order valence-corrected chi connectivity index (χ0v) is 16.7. The number of hydrogen-bond acceptors (Lipinski definition) is 6. The maximum atomic E-state index is 12.4. The summed E-state index contributed by atoms with van der Waals surface area (Å²) in [6.07, 6.45) is 2.65. The predicted octanol–water partition coefficient (Wildman–Crippen LogP) is 0.806. The van der Waals surface area contributed by atoms with Crippen LogP contribution < -0.4 is 24.8 Å². The van der Waals surface area contributed by atoms with E-state index in [4.69, 9.17) is 9.47 Å². The van der Waals surface area contributed by atoms with E-state index in [1.54, 1.807) is 6.07 Å². The molecule has 8 nitrogen and oxygen atoms in total. The highest BCUT2D eigenvalue weighted by molar-refractivity contribution is 7.89. The SMILES string of the molecule is Cl.O=C(CCNS(=O)(=O)c1ccc2c(c1)OCCCO2)NC1CCNCC1. The van der Waals surface area contributed by atoms with Crippen LogP contribution in [0.2, 0.25) is 0 Å². The number of benzene rings is 1. The summed E-state index contributed by atoms with van der Waals surface area (Å²) in [7, 11) is -3.71. The Bertz CT molecular complexity index is 738. The van der Waals surface area contributed by atoms with Crippen LogP contribution in [0.1, 0.15) is 25.7 Å². The fraction of sp³-hybridized carbons (Fsp3) is 0.588. The summed E-state index contributed by atoms with van der Waals surface area (Å²) >= 11 is 0. The Kier molecular flexibility index (Phi) is 8.15. The zero-order valence-electron chi connectivity index (χ0n) is 15.0. The van der Waals surface area contributed by atoms with Crippen LogP contribution in [0.4, 0.5) is 0 Å². The van der Waals surface area contributed by atoms with E-state index >= 15 is 0 Å². The number of hydrogen-bond donors (Lipinski definition) is 3. The lowest BCUT2D eigenvalue weighted by molar-refractivity contribution is -0.121. The van der Waals surface area contributed by atoms with Gasteiger partial charge in [-0.2, -0.15) is 0 Å². The van der Waals surface area contributed by atoms with Crippen molar-refractivity contribution < 1.29 is 22.7 Å². The van der Waals surface area contributed by atoms with Crippen molar-refractivity contribution in [3.05, 3.63) is 18.2 Å². The van der Waals surface area contributed by atoms with Crippen LogP contribution >= 0.6 is 12.4 Å². The van der Waals surface area contributed by atoms with Crippen molar-refractivity contribution in [1.82, 2.24) is 15.4 Å². The number of sulfonamides is 1. The van der Waals surface area contributed by atoms with Gasteiger partial charge in [-0.3, -0.25) is 4.79 Å². The first-order chi connectivity index (χ1) is 12.5. The maximum Gasteiger partial charge on any atom is 0.240 e. The highest BCUT2D eigenvalue weighted by Gasteiger charge is 2.20. The fourth-order valence-corrected chi connectivity index (χ4v) is 4.01. The van der Waals surface area contributed by atoms with E-state index in [9.17, 15) is 13.2 Å². The molecule has 2 aliphatic rings. The number of ether oxygens (including phenoxy) is 2. The third-order valence-corrected chi connectivity index (χ3v) is 5.84. The molecule has 1 aromatic carbocycles. The van der Waals surface area contributed by atoms with Gasteiger partial charge in [-0.15, -0.1) is 12.4 Å². The minimum Gasteiger partial charge on any atom is -0.490 e. The number of nitrogens with one attached hydrogen (secondary N) is 3. The third-order valence-electron chi connectivity index (χ3n) is 4.38. The lowest BCUT2D eigenvalue weighted by atomic mass is 10.1. The van der Waals surface area contributed by atoms with Gasteiger partial charge in [-0.1, -0.05) is 0 Å². The highest BCUT2D eigenvalue weighted by atomic mass is 35.5. The molecule has 3 N–H and O–H groups in total. The molecule has 0 bridgehead atoms. The molecule has 2 aliphatic heterocycles. The number of fused-ring (bicyclic) bond motifs is 1. The Morgan fingerprint density at radius 2 is 1.85 bits per heavy atom. The van der Waals surface area contributed by atoms with E-state index < -0.39 is 10.0 Å². The van der Waals surface area contributed by atoms with E-state index in [0.717, 1.165) is 32.4 Å². The second kappa shape index (κ2) is 10.1. The van der Waals surface area contributed by atoms with Crippen LogP contribution in [-0.4, -0.2) is 53.2 Å². The largest absolute Gasteiger partial charge is 0.490 e. The van der Waals surface area contributed by atoms with E-state index in [1.165, 1.54) is 12.1 Å². The molecule has 0 aliphatic carbocycles. The van der Waals surface area contributed by atoms with Gasteiger partial charge in [-0.25, -0.2) is 13.1 Å². The van der Waals surface area contributed by atoms with Crippen LogP contribution in [0.5, 0.6) is 11.5 Å². The van der Waals surface area contributed by atoms with Gasteiger partial charge in [0, 0.05) is 31.5 Å². The summed E-state index contributed by atoms with van der Waals surface area (Å²) < 4.78 is 38.4. The normalized spacial score (nSPS) is 17.5. The molecule has 3 rings (SSSR count). The van der Waals surface area contributed by atoms with Crippen molar-refractivity contribution in [2.45, 2.75) is 36.6 Å². The second-order valence-electron chi connectivity index (χ2n) is 6.40. The summed E-state index contributed by atoms with van der Waals surface area (Å²) in [6, 6.07) is 4.70. The number of halogens is 1. The van der Waals surface area contributed by atoms with Crippen molar-refractivity contribution >= 4 is 28.3 Å². The molecule has 0 spiro atoms. The Morgan fingerprint density at radius 1 is 1.15 bits per heavy atom. The van der Waals surface area contributed by atoms with Crippen molar-refractivity contribution in [3.63, 3.8) is 0 Å². The number of piperidine rings is 1. The van der Waals surface area contributed by atoms with Crippen molar-refractivity contribution in [2.75, 3.05) is 32.8 Å². The molecular weight excluding hydrogens is 394 g/mol. The van der Waals surface area contributed by atoms with E-state index in [0.29, 0.717) is 24.7 Å². The lowest BCUT2D eigenvalue weighted by Gasteiger charge is -2.23. The number of carbonyl (C=O) groups excluding carboxylic acids is 1. The first kappa shape index (κ1) is 21.7. The average molecular weight is 420 g/mol. The van der Waals surface area contributed by atoms with Crippen molar-refractivity contribution in [2.24, 2.45) is 0 Å². The molecule has 0 aromatic heterocycles. The van der Waals surface area contributed by atoms with Crippen molar-refractivity contribution in [1.29, 1.82) is 0 Å². The molecule has 1 fully saturated rings. The van der Waals surface area contributed by atoms with Crippen LogP contribution in [0.3, 0.4) is 0 Å². The molecule has 152 valence electrons. The Labute approximate surface area is 165 Å². The summed E-state index contributed by atoms with van der Waals surface area (Å²) in [5, 5.41) is 6.18. The summed E-state index contributed by atoms with van der Waals surface area (Å²) in [5.74, 6) is 0.829. The monoisotopic (exact) mass is 419 g/mol. The molecule has 1 aromatic rings. The van der Waals surface area contributed by atoms with E-state index in [1.807, 2.05) is 0 Å². The second-order valence-corrected chi connectivity index (χ2v) is 8.17. The van der Waals surface area contributed by atoms with E-state index in [2.05, 4.69) is 15.4 Å². The average Bonchev–Trinajstić information content (AvgIpc) is 2.87. The quantitative estimate of drug-likeness (QED) is 0.630. The van der Waals surface area contributed by atoms with Crippen LogP contribution in [0, 0.1) is 0 Å². The Morgan fingerprint density at radius 3 is 2.59 bits per heavy atom. The minimum atomic E-state index is -3.71. The van der Waals surface area contributed by atoms with Gasteiger partial charge >= 0.3 is 0 Å². The number of amides is 1. The van der Waals surface area contributed by atoms with Gasteiger partial charge in [0.2, 0.25) is 15.9 Å². The standard InChI is InChI=1S/C17H25N3O5S.ClH/c21-17(20-13-4-7-18-8-5-13)6-9-19-26(22,23)14-2-3-15-16(12-14)25-11-1-10-24-15;/h2-3,12-13,18-19H,1,4-11H2,(H,20,21);1H. The summed E-state index contributed by atoms with van der Waals surface area (Å²) in [5.41, 5.74) is 0. The minimum absolute atomic E-state index is 0. The zero-order chi connectivity index (χ0) is 18.4. The van der Waals surface area contributed by atoms with Gasteiger partial charge in [0.25, 0.3) is 0 Å². The van der Waals surface area contributed by atoms with E-state index in [-0.39, 0.29) is 42.2 Å². The summed E-state index contributed by atoms with van der Waals surface area (Å²) in [4.78, 5) is 12.1. The van der Waals surface area contributed by atoms with Crippen LogP contribution in [-0.2, 0) is 14.8 Å². The highest BCUT2D eigenvalue weighted by Crippen LogP contribution is 2.31. The number of carbonyl (C=O) groups is 1. The molecule has 0 atom stereocenters. The van der Waals surface area contributed by atoms with Gasteiger partial charge < -0.3 is 20.1 Å². The molecule has 27 heavy (non-hydrogen) atoms. The molecular formula is C17H26ClN3O5S. The first-order valence-electron chi connectivity index (χ1n) is 8.94. The maximum absolute atomic E-state index is 12.4. The predicted molar refractivity (Wildman–Crippen MR) is 103 cm³/mol. The number of rotatable bonds is 6. The molecule has 0 unspecified atom stereocenters. The molecule has 1 saturated heterocycles. The third kappa shape index (κ3) is 6.24. The van der Waals surface area contributed by atoms with Gasteiger partial charge in [0.05, 0.1) is 18.1 Å². The summed E-state index contributed by atoms with van der Waals surface area (Å²) in [6.45, 7) is 2.86. The first-order valence-corrected chi connectivity index (χ1v) is 10.4.